The second-order valence-electron chi connectivity index (χ2n) is 3.42. The third-order valence-electron chi connectivity index (χ3n) is 2.12. The summed E-state index contributed by atoms with van der Waals surface area (Å²) in [5.41, 5.74) is -0.621. The molecule has 0 unspecified atom stereocenters. The van der Waals surface area contributed by atoms with Crippen LogP contribution in [0.2, 0.25) is 0 Å². The zero-order valence-electron chi connectivity index (χ0n) is 9.26. The summed E-state index contributed by atoms with van der Waals surface area (Å²) in [6.45, 7) is 0. The van der Waals surface area contributed by atoms with Crippen LogP contribution in [0.3, 0.4) is 0 Å². The highest BCUT2D eigenvalue weighted by Crippen LogP contribution is 2.22. The summed E-state index contributed by atoms with van der Waals surface area (Å²) in [5, 5.41) is 14.5. The van der Waals surface area contributed by atoms with E-state index in [1.165, 1.54) is 12.1 Å². The summed E-state index contributed by atoms with van der Waals surface area (Å²) in [7, 11) is 0. The third kappa shape index (κ3) is 3.04. The number of hydrogen-bond acceptors (Lipinski definition) is 4. The van der Waals surface area contributed by atoms with E-state index < -0.39 is 17.5 Å². The number of carboxylic acid groups (broad SMARTS) is 1. The van der Waals surface area contributed by atoms with E-state index in [0.29, 0.717) is 4.47 Å². The molecule has 9 heteroatoms. The molecule has 2 aromatic rings. The van der Waals surface area contributed by atoms with Crippen LogP contribution in [-0.2, 0) is 4.79 Å². The molecular formula is C10H7BrFN3O3S. The van der Waals surface area contributed by atoms with Crippen molar-refractivity contribution in [3.8, 4) is 5.69 Å². The number of thioether (sulfide) groups is 1. The molecule has 100 valence electrons. The Kier molecular flexibility index (Phi) is 4.05. The largest absolute Gasteiger partial charge is 0.481 e. The number of nitrogens with zero attached hydrogens (tertiary/aromatic N) is 2. The fourth-order valence-electron chi connectivity index (χ4n) is 1.38. The first-order valence-corrected chi connectivity index (χ1v) is 6.74. The van der Waals surface area contributed by atoms with Crippen LogP contribution in [-0.4, -0.2) is 31.6 Å². The van der Waals surface area contributed by atoms with Crippen molar-refractivity contribution in [2.45, 2.75) is 5.16 Å². The molecule has 0 saturated carbocycles. The first-order chi connectivity index (χ1) is 8.99. The molecular weight excluding hydrogens is 341 g/mol. The van der Waals surface area contributed by atoms with Gasteiger partial charge in [0.2, 0.25) is 0 Å². The lowest BCUT2D eigenvalue weighted by Gasteiger charge is -2.06. The van der Waals surface area contributed by atoms with Gasteiger partial charge in [-0.05, 0) is 18.2 Å². The van der Waals surface area contributed by atoms with Gasteiger partial charge in [0.15, 0.2) is 5.16 Å². The molecule has 2 rings (SSSR count). The molecule has 6 nitrogen and oxygen atoms in total. The number of rotatable bonds is 4. The molecule has 1 aromatic heterocycles. The number of halogens is 2. The Labute approximate surface area is 118 Å². The van der Waals surface area contributed by atoms with Crippen molar-refractivity contribution in [1.82, 2.24) is 14.8 Å². The van der Waals surface area contributed by atoms with Crippen molar-refractivity contribution in [3.63, 3.8) is 0 Å². The molecule has 0 amide bonds. The van der Waals surface area contributed by atoms with Crippen molar-refractivity contribution in [1.29, 1.82) is 0 Å². The number of carbonyl (C=O) groups is 1. The molecule has 0 aliphatic carbocycles. The van der Waals surface area contributed by atoms with Crippen LogP contribution >= 0.6 is 27.7 Å². The maximum Gasteiger partial charge on any atom is 0.348 e. The quantitative estimate of drug-likeness (QED) is 0.821. The average Bonchev–Trinajstić information content (AvgIpc) is 2.68. The second kappa shape index (κ2) is 5.57. The highest BCUT2D eigenvalue weighted by Gasteiger charge is 2.15. The predicted molar refractivity (Wildman–Crippen MR) is 70.2 cm³/mol. The van der Waals surface area contributed by atoms with Gasteiger partial charge in [0, 0.05) is 4.47 Å². The topological polar surface area (TPSA) is 88.0 Å². The Morgan fingerprint density at radius 1 is 1.58 bits per heavy atom. The first kappa shape index (κ1) is 13.8. The monoisotopic (exact) mass is 347 g/mol. The SMILES string of the molecule is O=C(O)CSc1n[nH]c(=O)n1-c1ccc(Br)cc1F. The summed E-state index contributed by atoms with van der Waals surface area (Å²) in [6, 6.07) is 4.19. The predicted octanol–water partition coefficient (Wildman–Crippen LogP) is 1.64. The molecule has 0 atom stereocenters. The molecule has 0 radical (unpaired) electrons. The zero-order valence-corrected chi connectivity index (χ0v) is 11.7. The minimum Gasteiger partial charge on any atom is -0.481 e. The van der Waals surface area contributed by atoms with Gasteiger partial charge < -0.3 is 5.11 Å². The van der Waals surface area contributed by atoms with Gasteiger partial charge in [-0.25, -0.2) is 18.9 Å². The van der Waals surface area contributed by atoms with E-state index in [1.807, 2.05) is 0 Å². The van der Waals surface area contributed by atoms with Gasteiger partial charge in [0.25, 0.3) is 0 Å². The molecule has 2 N–H and O–H groups in total. The van der Waals surface area contributed by atoms with E-state index in [0.717, 1.165) is 16.3 Å². The van der Waals surface area contributed by atoms with Gasteiger partial charge in [-0.3, -0.25) is 4.79 Å². The Balaban J connectivity index is 2.46. The van der Waals surface area contributed by atoms with E-state index in [4.69, 9.17) is 5.11 Å². The fraction of sp³-hybridized carbons (Fsp3) is 0.100. The fourth-order valence-corrected chi connectivity index (χ4v) is 2.39. The Morgan fingerprint density at radius 2 is 2.32 bits per heavy atom. The van der Waals surface area contributed by atoms with Crippen molar-refractivity contribution in [3.05, 3.63) is 39.0 Å². The highest BCUT2D eigenvalue weighted by atomic mass is 79.9. The minimum atomic E-state index is -1.05. The Hall–Kier alpha value is -1.61. The van der Waals surface area contributed by atoms with Crippen LogP contribution in [0.4, 0.5) is 4.39 Å². The van der Waals surface area contributed by atoms with E-state index >= 15 is 0 Å². The van der Waals surface area contributed by atoms with Crippen LogP contribution < -0.4 is 5.69 Å². The van der Waals surface area contributed by atoms with E-state index in [9.17, 15) is 14.0 Å². The number of benzene rings is 1. The first-order valence-electron chi connectivity index (χ1n) is 4.96. The van der Waals surface area contributed by atoms with Crippen molar-refractivity contribution in [2.75, 3.05) is 5.75 Å². The number of hydrogen-bond donors (Lipinski definition) is 2. The molecule has 0 aliphatic heterocycles. The van der Waals surface area contributed by atoms with Gasteiger partial charge in [-0.15, -0.1) is 5.10 Å². The molecule has 1 aromatic carbocycles. The van der Waals surface area contributed by atoms with E-state index in [1.54, 1.807) is 6.07 Å². The Morgan fingerprint density at radius 3 is 2.95 bits per heavy atom. The summed E-state index contributed by atoms with van der Waals surface area (Å²) in [6.07, 6.45) is 0. The van der Waals surface area contributed by atoms with Crippen LogP contribution in [0.15, 0.2) is 32.6 Å². The van der Waals surface area contributed by atoms with E-state index in [2.05, 4.69) is 26.1 Å². The maximum absolute atomic E-state index is 13.8. The highest BCUT2D eigenvalue weighted by molar-refractivity contribution is 9.10. The molecule has 1 heterocycles. The standard InChI is InChI=1S/C10H7BrFN3O3S/c11-5-1-2-7(6(12)3-5)15-9(18)13-14-10(15)19-4-8(16)17/h1-3H,4H2,(H,13,18)(H,16,17). The van der Waals surface area contributed by atoms with Gasteiger partial charge in [-0.1, -0.05) is 27.7 Å². The summed E-state index contributed by atoms with van der Waals surface area (Å²) >= 11 is 3.94. The number of nitrogens with one attached hydrogen (secondary N) is 1. The second-order valence-corrected chi connectivity index (χ2v) is 5.28. The molecule has 0 bridgehead atoms. The van der Waals surface area contributed by atoms with E-state index in [-0.39, 0.29) is 16.6 Å². The van der Waals surface area contributed by atoms with Gasteiger partial charge in [-0.2, -0.15) is 0 Å². The lowest BCUT2D eigenvalue weighted by Crippen LogP contribution is -2.17. The minimum absolute atomic E-state index is 0.00911. The molecule has 0 spiro atoms. The van der Waals surface area contributed by atoms with Crippen molar-refractivity contribution in [2.24, 2.45) is 0 Å². The number of aromatic nitrogens is 3. The number of H-pyrrole nitrogens is 1. The zero-order chi connectivity index (χ0) is 14.0. The van der Waals surface area contributed by atoms with Crippen LogP contribution in [0, 0.1) is 5.82 Å². The van der Waals surface area contributed by atoms with Gasteiger partial charge in [0.1, 0.15) is 5.82 Å². The van der Waals surface area contributed by atoms with Crippen LogP contribution in [0.1, 0.15) is 0 Å². The number of aliphatic carboxylic acids is 1. The molecule has 0 aliphatic rings. The van der Waals surface area contributed by atoms with Crippen molar-refractivity contribution >= 4 is 33.7 Å². The molecule has 19 heavy (non-hydrogen) atoms. The smallest absolute Gasteiger partial charge is 0.348 e. The normalized spacial score (nSPS) is 10.6. The van der Waals surface area contributed by atoms with Crippen LogP contribution in [0.5, 0.6) is 0 Å². The number of carboxylic acids is 1. The molecule has 0 fully saturated rings. The van der Waals surface area contributed by atoms with Crippen molar-refractivity contribution < 1.29 is 14.3 Å². The van der Waals surface area contributed by atoms with Gasteiger partial charge >= 0.3 is 11.7 Å². The maximum atomic E-state index is 13.8. The molecule has 0 saturated heterocycles. The Bertz CT molecular complexity index is 685. The summed E-state index contributed by atoms with van der Waals surface area (Å²) in [4.78, 5) is 22.1. The summed E-state index contributed by atoms with van der Waals surface area (Å²) in [5.74, 6) is -1.94. The lowest BCUT2D eigenvalue weighted by molar-refractivity contribution is -0.133. The average molecular weight is 348 g/mol. The van der Waals surface area contributed by atoms with Crippen LogP contribution in [0.25, 0.3) is 5.69 Å². The lowest BCUT2D eigenvalue weighted by atomic mass is 10.3. The van der Waals surface area contributed by atoms with Gasteiger partial charge in [0.05, 0.1) is 11.4 Å². The number of aromatic amines is 1. The summed E-state index contributed by atoms with van der Waals surface area (Å²) < 4.78 is 15.3. The third-order valence-corrected chi connectivity index (χ3v) is 3.53.